The summed E-state index contributed by atoms with van der Waals surface area (Å²) in [6, 6.07) is 2.08. The van der Waals surface area contributed by atoms with E-state index in [0.717, 1.165) is 18.8 Å². The van der Waals surface area contributed by atoms with E-state index in [-0.39, 0.29) is 11.9 Å². The van der Waals surface area contributed by atoms with Crippen LogP contribution in [0.1, 0.15) is 18.2 Å². The first-order chi connectivity index (χ1) is 8.31. The highest BCUT2D eigenvalue weighted by Crippen LogP contribution is 2.16. The third kappa shape index (κ3) is 3.04. The number of rotatable bonds is 5. The Labute approximate surface area is 100 Å². The van der Waals surface area contributed by atoms with Gasteiger partial charge in [0.1, 0.15) is 0 Å². The number of nitrogens with zero attached hydrogens (tertiary/aromatic N) is 2. The normalized spacial score (nSPS) is 18.8. The lowest BCUT2D eigenvalue weighted by Crippen LogP contribution is -2.37. The zero-order valence-electron chi connectivity index (χ0n) is 9.98. The lowest BCUT2D eigenvalue weighted by atomic mass is 10.1. The topological polar surface area (TPSA) is 68.2 Å². The second-order valence-corrected chi connectivity index (χ2v) is 4.10. The first-order valence-electron chi connectivity index (χ1n) is 5.80. The second-order valence-electron chi connectivity index (χ2n) is 4.10. The average molecular weight is 238 g/mol. The molecule has 0 saturated heterocycles. The number of carbonyl (C=O) groups is 1. The predicted molar refractivity (Wildman–Crippen MR) is 62.5 cm³/mol. The molecule has 2 rings (SSSR count). The molecule has 0 saturated carbocycles. The lowest BCUT2D eigenvalue weighted by molar-refractivity contribution is -0.122. The molecule has 6 nitrogen and oxygen atoms in total. The fourth-order valence-electron chi connectivity index (χ4n) is 2.00. The Morgan fingerprint density at radius 1 is 1.76 bits per heavy atom. The van der Waals surface area contributed by atoms with Crippen LogP contribution in [0.25, 0.3) is 0 Å². The summed E-state index contributed by atoms with van der Waals surface area (Å²) in [4.78, 5) is 11.7. The van der Waals surface area contributed by atoms with Gasteiger partial charge in [0.05, 0.1) is 24.8 Å². The molecule has 0 aromatic carbocycles. The number of hydrogen-bond donors (Lipinski definition) is 2. The number of aromatic nitrogens is 2. The molecule has 0 fully saturated rings. The van der Waals surface area contributed by atoms with Gasteiger partial charge in [-0.2, -0.15) is 5.10 Å². The summed E-state index contributed by atoms with van der Waals surface area (Å²) >= 11 is 0. The van der Waals surface area contributed by atoms with Crippen LogP contribution in [-0.4, -0.2) is 42.5 Å². The van der Waals surface area contributed by atoms with Crippen LogP contribution >= 0.6 is 0 Å². The third-order valence-electron chi connectivity index (χ3n) is 2.83. The summed E-state index contributed by atoms with van der Waals surface area (Å²) < 4.78 is 6.82. The molecular weight excluding hydrogens is 220 g/mol. The van der Waals surface area contributed by atoms with E-state index in [0.29, 0.717) is 19.6 Å². The zero-order valence-corrected chi connectivity index (χ0v) is 9.98. The van der Waals surface area contributed by atoms with Crippen LogP contribution in [0.4, 0.5) is 0 Å². The average Bonchev–Trinajstić information content (AvgIpc) is 2.78. The van der Waals surface area contributed by atoms with Crippen LogP contribution in [0.15, 0.2) is 12.3 Å². The molecule has 0 aliphatic carbocycles. The lowest BCUT2D eigenvalue weighted by Gasteiger charge is -2.25. The Morgan fingerprint density at radius 2 is 2.65 bits per heavy atom. The highest BCUT2D eigenvalue weighted by molar-refractivity contribution is 5.76. The molecule has 1 aliphatic heterocycles. The van der Waals surface area contributed by atoms with Gasteiger partial charge in [0.2, 0.25) is 5.91 Å². The molecule has 6 heteroatoms. The Balaban J connectivity index is 1.86. The molecule has 1 aliphatic rings. The molecule has 1 atom stereocenters. The van der Waals surface area contributed by atoms with Crippen molar-refractivity contribution in [2.75, 3.05) is 26.8 Å². The predicted octanol–water partition coefficient (Wildman–Crippen LogP) is -0.320. The molecule has 1 aromatic rings. The fraction of sp³-hybridized carbons (Fsp3) is 0.636. The van der Waals surface area contributed by atoms with Crippen LogP contribution in [0.3, 0.4) is 0 Å². The zero-order chi connectivity index (χ0) is 12.1. The number of carbonyl (C=O) groups excluding carboxylic acids is 1. The minimum atomic E-state index is 0.0391. The van der Waals surface area contributed by atoms with Crippen LogP contribution in [-0.2, 0) is 16.1 Å². The summed E-state index contributed by atoms with van der Waals surface area (Å²) in [7, 11) is 1.62. The van der Waals surface area contributed by atoms with Gasteiger partial charge in [-0.05, 0) is 6.07 Å². The van der Waals surface area contributed by atoms with Crippen molar-refractivity contribution in [3.63, 3.8) is 0 Å². The van der Waals surface area contributed by atoms with Crippen LogP contribution in [0.2, 0.25) is 0 Å². The van der Waals surface area contributed by atoms with Gasteiger partial charge in [-0.1, -0.05) is 0 Å². The molecule has 0 spiro atoms. The monoisotopic (exact) mass is 238 g/mol. The van der Waals surface area contributed by atoms with E-state index in [4.69, 9.17) is 4.74 Å². The standard InChI is InChI=1S/C11H18N4O2/c1-17-5-4-13-11(16)6-10-8-12-7-9-2-3-14-15(9)10/h2-3,10,12H,4-8H2,1H3,(H,13,16)/t10-/m0/s1. The van der Waals surface area contributed by atoms with E-state index in [1.165, 1.54) is 0 Å². The smallest absolute Gasteiger partial charge is 0.222 e. The summed E-state index contributed by atoms with van der Waals surface area (Å²) in [5.41, 5.74) is 1.13. The largest absolute Gasteiger partial charge is 0.383 e. The third-order valence-corrected chi connectivity index (χ3v) is 2.83. The number of fused-ring (bicyclic) bond motifs is 1. The first-order valence-corrected chi connectivity index (χ1v) is 5.80. The van der Waals surface area contributed by atoms with E-state index in [1.807, 2.05) is 10.7 Å². The summed E-state index contributed by atoms with van der Waals surface area (Å²) in [5, 5.41) is 10.4. The molecule has 17 heavy (non-hydrogen) atoms. The molecule has 2 heterocycles. The van der Waals surface area contributed by atoms with Crippen molar-refractivity contribution in [2.24, 2.45) is 0 Å². The number of methoxy groups -OCH3 is 1. The van der Waals surface area contributed by atoms with Gasteiger partial charge in [-0.3, -0.25) is 9.48 Å². The maximum Gasteiger partial charge on any atom is 0.222 e. The van der Waals surface area contributed by atoms with E-state index in [1.54, 1.807) is 13.3 Å². The Bertz CT molecular complexity index is 377. The summed E-state index contributed by atoms with van der Waals surface area (Å²) in [5.74, 6) is 0.0391. The maximum atomic E-state index is 11.7. The van der Waals surface area contributed by atoms with Crippen LogP contribution in [0, 0.1) is 0 Å². The minimum Gasteiger partial charge on any atom is -0.383 e. The first kappa shape index (κ1) is 12.1. The molecule has 0 bridgehead atoms. The quantitative estimate of drug-likeness (QED) is 0.690. The second kappa shape index (κ2) is 5.79. The van der Waals surface area contributed by atoms with Crippen molar-refractivity contribution in [1.29, 1.82) is 0 Å². The molecular formula is C11H18N4O2. The van der Waals surface area contributed by atoms with Gasteiger partial charge in [-0.25, -0.2) is 0 Å². The number of hydrogen-bond acceptors (Lipinski definition) is 4. The summed E-state index contributed by atoms with van der Waals surface area (Å²) in [6.07, 6.45) is 2.23. The van der Waals surface area contributed by atoms with Gasteiger partial charge >= 0.3 is 0 Å². The SMILES string of the molecule is COCCNC(=O)C[C@H]1CNCc2ccnn21. The Hall–Kier alpha value is -1.40. The van der Waals surface area contributed by atoms with Gasteiger partial charge in [0.25, 0.3) is 0 Å². The number of nitrogens with one attached hydrogen (secondary N) is 2. The van der Waals surface area contributed by atoms with Crippen molar-refractivity contribution >= 4 is 5.91 Å². The van der Waals surface area contributed by atoms with Gasteiger partial charge in [0.15, 0.2) is 0 Å². The van der Waals surface area contributed by atoms with E-state index in [2.05, 4.69) is 15.7 Å². The van der Waals surface area contributed by atoms with Crippen molar-refractivity contribution in [1.82, 2.24) is 20.4 Å². The number of amides is 1. The van der Waals surface area contributed by atoms with Crippen LogP contribution < -0.4 is 10.6 Å². The van der Waals surface area contributed by atoms with Crippen molar-refractivity contribution < 1.29 is 9.53 Å². The van der Waals surface area contributed by atoms with Crippen molar-refractivity contribution in [2.45, 2.75) is 19.0 Å². The van der Waals surface area contributed by atoms with E-state index in [9.17, 15) is 4.79 Å². The number of ether oxygens (including phenoxy) is 1. The molecule has 0 radical (unpaired) electrons. The van der Waals surface area contributed by atoms with E-state index >= 15 is 0 Å². The van der Waals surface area contributed by atoms with Gasteiger partial charge in [0, 0.05) is 32.9 Å². The van der Waals surface area contributed by atoms with Gasteiger partial charge < -0.3 is 15.4 Å². The van der Waals surface area contributed by atoms with Crippen molar-refractivity contribution in [3.8, 4) is 0 Å². The highest BCUT2D eigenvalue weighted by Gasteiger charge is 2.21. The summed E-state index contributed by atoms with van der Waals surface area (Å²) in [6.45, 7) is 2.71. The maximum absolute atomic E-state index is 11.7. The molecule has 1 aromatic heterocycles. The molecule has 94 valence electrons. The minimum absolute atomic E-state index is 0.0391. The van der Waals surface area contributed by atoms with Crippen LogP contribution in [0.5, 0.6) is 0 Å². The molecule has 2 N–H and O–H groups in total. The Morgan fingerprint density at radius 3 is 3.47 bits per heavy atom. The highest BCUT2D eigenvalue weighted by atomic mass is 16.5. The molecule has 1 amide bonds. The fourth-order valence-corrected chi connectivity index (χ4v) is 2.00. The van der Waals surface area contributed by atoms with Crippen molar-refractivity contribution in [3.05, 3.63) is 18.0 Å². The van der Waals surface area contributed by atoms with E-state index < -0.39 is 0 Å². The Kier molecular flexibility index (Phi) is 4.11. The van der Waals surface area contributed by atoms with Gasteiger partial charge in [-0.15, -0.1) is 0 Å². The molecule has 0 unspecified atom stereocenters.